The van der Waals surface area contributed by atoms with Gasteiger partial charge in [-0.3, -0.25) is 9.80 Å². The fraction of sp³-hybridized carbons (Fsp3) is 0.625. The minimum Gasteiger partial charge on any atom is -0.298 e. The molecule has 2 fully saturated rings. The zero-order valence-electron chi connectivity index (χ0n) is 11.8. The van der Waals surface area contributed by atoms with Crippen molar-refractivity contribution in [2.24, 2.45) is 0 Å². The number of hydrogen-bond acceptors (Lipinski definition) is 2. The van der Waals surface area contributed by atoms with Gasteiger partial charge >= 0.3 is 0 Å². The van der Waals surface area contributed by atoms with E-state index >= 15 is 0 Å². The Labute approximate surface area is 129 Å². The summed E-state index contributed by atoms with van der Waals surface area (Å²) in [5, 5.41) is 0. The second-order valence-corrected chi connectivity index (χ2v) is 6.90. The normalized spacial score (nSPS) is 22.5. The van der Waals surface area contributed by atoms with E-state index in [1.54, 1.807) is 6.07 Å². The van der Waals surface area contributed by atoms with Crippen LogP contribution >= 0.6 is 15.9 Å². The number of halogens is 2. The van der Waals surface area contributed by atoms with Gasteiger partial charge in [-0.1, -0.05) is 34.8 Å². The molecule has 0 radical (unpaired) electrons. The van der Waals surface area contributed by atoms with Crippen LogP contribution in [-0.2, 0) is 6.54 Å². The number of piperazine rings is 1. The van der Waals surface area contributed by atoms with Crippen molar-refractivity contribution in [2.75, 3.05) is 26.2 Å². The lowest BCUT2D eigenvalue weighted by Gasteiger charge is -2.38. The average molecular weight is 341 g/mol. The van der Waals surface area contributed by atoms with Crippen LogP contribution in [0.15, 0.2) is 22.7 Å². The number of hydrogen-bond donors (Lipinski definition) is 0. The van der Waals surface area contributed by atoms with Gasteiger partial charge in [-0.2, -0.15) is 0 Å². The molecule has 110 valence electrons. The fourth-order valence-corrected chi connectivity index (χ4v) is 3.78. The van der Waals surface area contributed by atoms with Gasteiger partial charge in [0, 0.05) is 48.8 Å². The first-order valence-corrected chi connectivity index (χ1v) is 8.42. The third-order valence-corrected chi connectivity index (χ3v) is 5.15. The summed E-state index contributed by atoms with van der Waals surface area (Å²) in [5.74, 6) is -0.0994. The fourth-order valence-electron chi connectivity index (χ4n) is 3.45. The third-order valence-electron chi connectivity index (χ3n) is 4.66. The number of nitrogens with zero attached hydrogens (tertiary/aromatic N) is 2. The van der Waals surface area contributed by atoms with Gasteiger partial charge < -0.3 is 0 Å². The van der Waals surface area contributed by atoms with Crippen molar-refractivity contribution in [1.82, 2.24) is 9.80 Å². The van der Waals surface area contributed by atoms with Crippen LogP contribution in [0.2, 0.25) is 0 Å². The molecule has 1 saturated carbocycles. The van der Waals surface area contributed by atoms with Crippen LogP contribution in [-0.4, -0.2) is 42.0 Å². The van der Waals surface area contributed by atoms with E-state index in [4.69, 9.17) is 0 Å². The van der Waals surface area contributed by atoms with Crippen LogP contribution in [0.4, 0.5) is 4.39 Å². The Kier molecular flexibility index (Phi) is 4.74. The van der Waals surface area contributed by atoms with Crippen LogP contribution in [0, 0.1) is 5.82 Å². The molecule has 0 bridgehead atoms. The Morgan fingerprint density at radius 2 is 1.80 bits per heavy atom. The highest BCUT2D eigenvalue weighted by Gasteiger charge is 2.26. The van der Waals surface area contributed by atoms with E-state index in [0.29, 0.717) is 0 Å². The predicted octanol–water partition coefficient (Wildman–Crippen LogP) is 3.65. The van der Waals surface area contributed by atoms with Crippen LogP contribution < -0.4 is 0 Å². The highest BCUT2D eigenvalue weighted by atomic mass is 79.9. The molecule has 1 heterocycles. The maximum absolute atomic E-state index is 13.9. The predicted molar refractivity (Wildman–Crippen MR) is 83.2 cm³/mol. The summed E-state index contributed by atoms with van der Waals surface area (Å²) >= 11 is 3.31. The third kappa shape index (κ3) is 3.41. The maximum atomic E-state index is 13.9. The molecule has 0 spiro atoms. The van der Waals surface area contributed by atoms with Gasteiger partial charge in [0.05, 0.1) is 0 Å². The number of benzene rings is 1. The van der Waals surface area contributed by atoms with Crippen molar-refractivity contribution in [3.05, 3.63) is 34.1 Å². The van der Waals surface area contributed by atoms with Crippen molar-refractivity contribution in [3.8, 4) is 0 Å². The Morgan fingerprint density at radius 3 is 2.45 bits per heavy atom. The Bertz CT molecular complexity index is 452. The first-order chi connectivity index (χ1) is 9.72. The molecule has 1 saturated heterocycles. The van der Waals surface area contributed by atoms with E-state index in [2.05, 4.69) is 25.7 Å². The van der Waals surface area contributed by atoms with E-state index in [9.17, 15) is 4.39 Å². The second kappa shape index (κ2) is 6.54. The van der Waals surface area contributed by atoms with Gasteiger partial charge in [-0.25, -0.2) is 4.39 Å². The lowest BCUT2D eigenvalue weighted by atomic mass is 10.1. The van der Waals surface area contributed by atoms with Crippen molar-refractivity contribution in [2.45, 2.75) is 38.3 Å². The van der Waals surface area contributed by atoms with Gasteiger partial charge in [0.2, 0.25) is 0 Å². The van der Waals surface area contributed by atoms with Gasteiger partial charge in [-0.15, -0.1) is 0 Å². The van der Waals surface area contributed by atoms with Gasteiger partial charge in [0.15, 0.2) is 0 Å². The van der Waals surface area contributed by atoms with Crippen LogP contribution in [0.3, 0.4) is 0 Å². The van der Waals surface area contributed by atoms with E-state index in [0.717, 1.165) is 48.8 Å². The monoisotopic (exact) mass is 340 g/mol. The molecule has 0 amide bonds. The van der Waals surface area contributed by atoms with E-state index in [1.807, 2.05) is 12.1 Å². The molecule has 4 heteroatoms. The summed E-state index contributed by atoms with van der Waals surface area (Å²) in [6.07, 6.45) is 5.55. The summed E-state index contributed by atoms with van der Waals surface area (Å²) in [7, 11) is 0. The van der Waals surface area contributed by atoms with Crippen molar-refractivity contribution in [1.29, 1.82) is 0 Å². The molecule has 0 N–H and O–H groups in total. The Hall–Kier alpha value is -0.450. The van der Waals surface area contributed by atoms with Gasteiger partial charge in [-0.05, 0) is 25.0 Å². The molecule has 20 heavy (non-hydrogen) atoms. The minimum absolute atomic E-state index is 0.0994. The summed E-state index contributed by atoms with van der Waals surface area (Å²) in [5.41, 5.74) is 0.808. The summed E-state index contributed by atoms with van der Waals surface area (Å²) in [4.78, 5) is 5.01. The molecular weight excluding hydrogens is 319 g/mol. The molecule has 1 aliphatic heterocycles. The highest BCUT2D eigenvalue weighted by Crippen LogP contribution is 2.25. The standard InChI is InChI=1S/C16H22BrFN2/c17-14-6-5-13(16(18)11-14)12-19-7-9-20(10-8-19)15-3-1-2-4-15/h5-6,11,15H,1-4,7-10,12H2. The van der Waals surface area contributed by atoms with Gasteiger partial charge in [0.1, 0.15) is 5.82 Å². The van der Waals surface area contributed by atoms with Crippen LogP contribution in [0.1, 0.15) is 31.2 Å². The maximum Gasteiger partial charge on any atom is 0.128 e. The topological polar surface area (TPSA) is 6.48 Å². The molecule has 0 atom stereocenters. The smallest absolute Gasteiger partial charge is 0.128 e. The second-order valence-electron chi connectivity index (χ2n) is 5.99. The molecule has 1 aromatic rings. The lowest BCUT2D eigenvalue weighted by Crippen LogP contribution is -2.49. The van der Waals surface area contributed by atoms with Gasteiger partial charge in [0.25, 0.3) is 0 Å². The van der Waals surface area contributed by atoms with Crippen LogP contribution in [0.5, 0.6) is 0 Å². The van der Waals surface area contributed by atoms with Crippen molar-refractivity contribution < 1.29 is 4.39 Å². The molecule has 1 aromatic carbocycles. The molecule has 2 aliphatic rings. The Morgan fingerprint density at radius 1 is 1.10 bits per heavy atom. The van der Waals surface area contributed by atoms with E-state index in [1.165, 1.54) is 25.7 Å². The average Bonchev–Trinajstić information content (AvgIpc) is 2.97. The van der Waals surface area contributed by atoms with Crippen molar-refractivity contribution >= 4 is 15.9 Å². The summed E-state index contributed by atoms with van der Waals surface area (Å²) < 4.78 is 14.7. The number of rotatable bonds is 3. The largest absolute Gasteiger partial charge is 0.298 e. The molecular formula is C16H22BrFN2. The summed E-state index contributed by atoms with van der Waals surface area (Å²) in [6, 6.07) is 6.20. The first-order valence-electron chi connectivity index (χ1n) is 7.63. The molecule has 2 nitrogen and oxygen atoms in total. The highest BCUT2D eigenvalue weighted by molar-refractivity contribution is 9.10. The SMILES string of the molecule is Fc1cc(Br)ccc1CN1CCN(C2CCCC2)CC1. The summed E-state index contributed by atoms with van der Waals surface area (Å²) in [6.45, 7) is 5.14. The molecule has 0 unspecified atom stereocenters. The van der Waals surface area contributed by atoms with E-state index < -0.39 is 0 Å². The lowest BCUT2D eigenvalue weighted by molar-refractivity contribution is 0.0930. The van der Waals surface area contributed by atoms with Crippen LogP contribution in [0.25, 0.3) is 0 Å². The zero-order valence-corrected chi connectivity index (χ0v) is 13.4. The van der Waals surface area contributed by atoms with E-state index in [-0.39, 0.29) is 5.82 Å². The molecule has 1 aliphatic carbocycles. The minimum atomic E-state index is -0.0994. The Balaban J connectivity index is 1.53. The molecule has 3 rings (SSSR count). The zero-order chi connectivity index (χ0) is 13.9. The molecule has 0 aromatic heterocycles. The first kappa shape index (κ1) is 14.5. The quantitative estimate of drug-likeness (QED) is 0.828. The van der Waals surface area contributed by atoms with Crippen molar-refractivity contribution in [3.63, 3.8) is 0 Å².